The number of hydrogen-bond acceptors (Lipinski definition) is 3. The number of likely N-dealkylation sites (N-methyl/N-ethyl adjacent to an activating group) is 1. The summed E-state index contributed by atoms with van der Waals surface area (Å²) in [5.41, 5.74) is 0.657. The minimum absolute atomic E-state index is 0.0515. The lowest BCUT2D eigenvalue weighted by Crippen LogP contribution is -2.30. The molecular formula is C10H12N2O2. The smallest absolute Gasteiger partial charge is 0.275 e. The molecule has 0 aromatic heterocycles. The normalized spacial score (nSPS) is 11.1. The van der Waals surface area contributed by atoms with Crippen LogP contribution in [0.1, 0.15) is 5.56 Å². The lowest BCUT2D eigenvalue weighted by atomic mass is 10.1. The zero-order chi connectivity index (χ0) is 10.6. The summed E-state index contributed by atoms with van der Waals surface area (Å²) in [6, 6.07) is 8.83. The topological polar surface area (TPSA) is 52.9 Å². The Kier molecular flexibility index (Phi) is 3.23. The Morgan fingerprint density at radius 2 is 1.86 bits per heavy atom. The molecule has 0 fully saturated rings. The van der Waals surface area contributed by atoms with Crippen LogP contribution in [0.3, 0.4) is 0 Å². The number of carbonyl (C=O) groups is 1. The third kappa shape index (κ3) is 2.10. The second-order valence-electron chi connectivity index (χ2n) is 3.01. The van der Waals surface area contributed by atoms with E-state index in [2.05, 4.69) is 5.16 Å². The van der Waals surface area contributed by atoms with Crippen molar-refractivity contribution < 1.29 is 10.0 Å². The minimum Gasteiger partial charge on any atom is -0.410 e. The molecule has 0 aliphatic heterocycles. The predicted octanol–water partition coefficient (Wildman–Crippen LogP) is 0.953. The van der Waals surface area contributed by atoms with Gasteiger partial charge in [0.2, 0.25) is 0 Å². The molecule has 1 rings (SSSR count). The van der Waals surface area contributed by atoms with Gasteiger partial charge in [0, 0.05) is 19.7 Å². The van der Waals surface area contributed by atoms with Crippen LogP contribution >= 0.6 is 0 Å². The van der Waals surface area contributed by atoms with Crippen molar-refractivity contribution >= 4 is 11.6 Å². The summed E-state index contributed by atoms with van der Waals surface area (Å²) < 4.78 is 0. The maximum atomic E-state index is 11.5. The van der Waals surface area contributed by atoms with Crippen LogP contribution in [0.4, 0.5) is 0 Å². The van der Waals surface area contributed by atoms with Crippen molar-refractivity contribution in [1.29, 1.82) is 0 Å². The first-order chi connectivity index (χ1) is 6.66. The van der Waals surface area contributed by atoms with Gasteiger partial charge in [-0.25, -0.2) is 0 Å². The molecule has 4 nitrogen and oxygen atoms in total. The molecule has 0 radical (unpaired) electrons. The summed E-state index contributed by atoms with van der Waals surface area (Å²) in [5.74, 6) is -0.321. The maximum Gasteiger partial charge on any atom is 0.275 e. The first-order valence-electron chi connectivity index (χ1n) is 4.16. The number of amides is 1. The van der Waals surface area contributed by atoms with Crippen LogP contribution in [-0.2, 0) is 4.79 Å². The molecule has 1 aromatic carbocycles. The van der Waals surface area contributed by atoms with Crippen LogP contribution in [0.2, 0.25) is 0 Å². The highest BCUT2D eigenvalue weighted by Crippen LogP contribution is 2.02. The average molecular weight is 192 g/mol. The van der Waals surface area contributed by atoms with Crippen molar-refractivity contribution in [3.8, 4) is 0 Å². The van der Waals surface area contributed by atoms with Crippen molar-refractivity contribution in [3.05, 3.63) is 35.9 Å². The molecule has 74 valence electrons. The number of rotatable bonds is 2. The van der Waals surface area contributed by atoms with E-state index in [0.717, 1.165) is 0 Å². The molecule has 1 aromatic rings. The highest BCUT2D eigenvalue weighted by molar-refractivity contribution is 6.44. The van der Waals surface area contributed by atoms with Gasteiger partial charge in [0.1, 0.15) is 0 Å². The van der Waals surface area contributed by atoms with Gasteiger partial charge in [-0.2, -0.15) is 0 Å². The van der Waals surface area contributed by atoms with Gasteiger partial charge in [-0.3, -0.25) is 4.79 Å². The van der Waals surface area contributed by atoms with E-state index in [0.29, 0.717) is 5.56 Å². The largest absolute Gasteiger partial charge is 0.410 e. The van der Waals surface area contributed by atoms with E-state index in [1.165, 1.54) is 4.90 Å². The Morgan fingerprint density at radius 1 is 1.29 bits per heavy atom. The SMILES string of the molecule is CN(C)C(=O)C(=NO)c1ccccc1. The Balaban J connectivity index is 3.01. The Bertz CT molecular complexity index is 344. The predicted molar refractivity (Wildman–Crippen MR) is 53.5 cm³/mol. The standard InChI is InChI=1S/C10H12N2O2/c1-12(2)10(13)9(11-14)8-6-4-3-5-7-8/h3-7,14H,1-2H3. The highest BCUT2D eigenvalue weighted by Gasteiger charge is 2.15. The molecule has 0 saturated heterocycles. The summed E-state index contributed by atoms with van der Waals surface area (Å²) in [7, 11) is 3.22. The van der Waals surface area contributed by atoms with Gasteiger partial charge in [0.15, 0.2) is 5.71 Å². The second kappa shape index (κ2) is 4.41. The van der Waals surface area contributed by atoms with Gasteiger partial charge >= 0.3 is 0 Å². The molecule has 0 saturated carbocycles. The molecule has 14 heavy (non-hydrogen) atoms. The zero-order valence-electron chi connectivity index (χ0n) is 8.14. The summed E-state index contributed by atoms with van der Waals surface area (Å²) >= 11 is 0. The van der Waals surface area contributed by atoms with Gasteiger partial charge in [0.25, 0.3) is 5.91 Å². The van der Waals surface area contributed by atoms with Crippen molar-refractivity contribution in [2.24, 2.45) is 5.16 Å². The quantitative estimate of drug-likeness (QED) is 0.431. The Morgan fingerprint density at radius 3 is 2.29 bits per heavy atom. The molecule has 0 atom stereocenters. The van der Waals surface area contributed by atoms with Crippen LogP contribution in [0.5, 0.6) is 0 Å². The summed E-state index contributed by atoms with van der Waals surface area (Å²) in [6.07, 6.45) is 0. The lowest BCUT2D eigenvalue weighted by molar-refractivity contribution is -0.121. The van der Waals surface area contributed by atoms with Gasteiger partial charge in [-0.15, -0.1) is 0 Å². The molecule has 0 spiro atoms. The van der Waals surface area contributed by atoms with Crippen LogP contribution in [0.15, 0.2) is 35.5 Å². The highest BCUT2D eigenvalue weighted by atomic mass is 16.4. The fraction of sp³-hybridized carbons (Fsp3) is 0.200. The van der Waals surface area contributed by atoms with E-state index in [9.17, 15) is 4.79 Å². The van der Waals surface area contributed by atoms with Gasteiger partial charge in [-0.05, 0) is 0 Å². The van der Waals surface area contributed by atoms with Crippen molar-refractivity contribution in [2.75, 3.05) is 14.1 Å². The molecule has 0 heterocycles. The Labute approximate surface area is 82.5 Å². The summed E-state index contributed by atoms with van der Waals surface area (Å²) in [4.78, 5) is 12.9. The average Bonchev–Trinajstić information content (AvgIpc) is 2.20. The number of hydrogen-bond donors (Lipinski definition) is 1. The van der Waals surface area contributed by atoms with Crippen molar-refractivity contribution in [1.82, 2.24) is 4.90 Å². The van der Waals surface area contributed by atoms with Gasteiger partial charge in [-0.1, -0.05) is 35.5 Å². The van der Waals surface area contributed by atoms with Crippen LogP contribution in [0, 0.1) is 0 Å². The molecule has 0 aliphatic carbocycles. The molecule has 1 N–H and O–H groups in total. The van der Waals surface area contributed by atoms with Gasteiger partial charge < -0.3 is 10.1 Å². The van der Waals surface area contributed by atoms with E-state index in [4.69, 9.17) is 5.21 Å². The molecule has 4 heteroatoms. The van der Waals surface area contributed by atoms with E-state index in [1.54, 1.807) is 38.4 Å². The molecule has 1 amide bonds. The van der Waals surface area contributed by atoms with Crippen LogP contribution in [0.25, 0.3) is 0 Å². The maximum absolute atomic E-state index is 11.5. The fourth-order valence-electron chi connectivity index (χ4n) is 1.03. The third-order valence-electron chi connectivity index (χ3n) is 1.76. The summed E-state index contributed by atoms with van der Waals surface area (Å²) in [5, 5.41) is 11.7. The summed E-state index contributed by atoms with van der Waals surface area (Å²) in [6.45, 7) is 0. The number of benzene rings is 1. The second-order valence-corrected chi connectivity index (χ2v) is 3.01. The molecule has 0 bridgehead atoms. The van der Waals surface area contributed by atoms with Crippen LogP contribution in [-0.4, -0.2) is 35.8 Å². The molecule has 0 aliphatic rings. The number of nitrogens with zero attached hydrogens (tertiary/aromatic N) is 2. The molecular weight excluding hydrogens is 180 g/mol. The zero-order valence-corrected chi connectivity index (χ0v) is 8.14. The number of carbonyl (C=O) groups excluding carboxylic acids is 1. The molecule has 0 unspecified atom stereocenters. The van der Waals surface area contributed by atoms with Crippen molar-refractivity contribution in [3.63, 3.8) is 0 Å². The first kappa shape index (κ1) is 10.2. The van der Waals surface area contributed by atoms with Crippen LogP contribution < -0.4 is 0 Å². The van der Waals surface area contributed by atoms with E-state index < -0.39 is 0 Å². The van der Waals surface area contributed by atoms with E-state index in [1.807, 2.05) is 6.07 Å². The first-order valence-corrected chi connectivity index (χ1v) is 4.16. The third-order valence-corrected chi connectivity index (χ3v) is 1.76. The lowest BCUT2D eigenvalue weighted by Gasteiger charge is -2.10. The number of oxime groups is 1. The van der Waals surface area contributed by atoms with Gasteiger partial charge in [0.05, 0.1) is 0 Å². The monoisotopic (exact) mass is 192 g/mol. The fourth-order valence-corrected chi connectivity index (χ4v) is 1.03. The van der Waals surface area contributed by atoms with E-state index in [-0.39, 0.29) is 11.6 Å². The van der Waals surface area contributed by atoms with E-state index >= 15 is 0 Å². The minimum atomic E-state index is -0.321. The van der Waals surface area contributed by atoms with Crippen molar-refractivity contribution in [2.45, 2.75) is 0 Å². The Hall–Kier alpha value is -1.84.